The number of hydrazine groups is 1. The van der Waals surface area contributed by atoms with Crippen LogP contribution in [-0.2, 0) is 12.6 Å². The molecule has 0 heterocycles. The number of hydrogen-bond acceptors (Lipinski definition) is 2. The van der Waals surface area contributed by atoms with Crippen molar-refractivity contribution in [3.63, 3.8) is 0 Å². The normalized spacial score (nSPS) is 30.1. The molecule has 3 atom stereocenters. The summed E-state index contributed by atoms with van der Waals surface area (Å²) in [5.74, 6) is 7.95. The van der Waals surface area contributed by atoms with Gasteiger partial charge in [0.1, 0.15) is 0 Å². The van der Waals surface area contributed by atoms with Crippen molar-refractivity contribution in [1.29, 1.82) is 0 Å². The van der Waals surface area contributed by atoms with Crippen molar-refractivity contribution in [3.8, 4) is 0 Å². The largest absolute Gasteiger partial charge is 0.416 e. The van der Waals surface area contributed by atoms with Crippen molar-refractivity contribution in [2.75, 3.05) is 0 Å². The SMILES string of the molecule is NNC(Cc1ccc(C(F)(F)F)cc1)C1CC2CC2C1. The molecule has 1 aromatic rings. The Morgan fingerprint density at radius 3 is 2.20 bits per heavy atom. The Labute approximate surface area is 116 Å². The molecule has 110 valence electrons. The molecule has 0 aliphatic heterocycles. The molecule has 5 heteroatoms. The molecule has 3 N–H and O–H groups in total. The maximum atomic E-state index is 12.5. The third-order valence-corrected chi connectivity index (χ3v) is 4.80. The zero-order valence-electron chi connectivity index (χ0n) is 11.2. The van der Waals surface area contributed by atoms with Gasteiger partial charge in [-0.05, 0) is 61.1 Å². The van der Waals surface area contributed by atoms with E-state index in [0.29, 0.717) is 12.3 Å². The molecule has 0 radical (unpaired) electrons. The van der Waals surface area contributed by atoms with Crippen LogP contribution in [-0.4, -0.2) is 6.04 Å². The van der Waals surface area contributed by atoms with Gasteiger partial charge in [0, 0.05) is 6.04 Å². The van der Waals surface area contributed by atoms with Gasteiger partial charge in [-0.2, -0.15) is 13.2 Å². The average molecular weight is 284 g/mol. The van der Waals surface area contributed by atoms with Crippen LogP contribution in [0.15, 0.2) is 24.3 Å². The minimum absolute atomic E-state index is 0.166. The Hall–Kier alpha value is -1.07. The van der Waals surface area contributed by atoms with Gasteiger partial charge in [0.05, 0.1) is 5.56 Å². The molecule has 2 saturated carbocycles. The molecular formula is C15H19F3N2. The standard InChI is InChI=1S/C15H19F3N2/c16-15(17,18)13-3-1-9(2-4-13)5-14(20-19)12-7-10-6-11(10)8-12/h1-4,10-12,14,20H,5-8,19H2. The molecular weight excluding hydrogens is 265 g/mol. The number of rotatable bonds is 4. The van der Waals surface area contributed by atoms with Crippen molar-refractivity contribution < 1.29 is 13.2 Å². The second kappa shape index (κ2) is 5.04. The first-order chi connectivity index (χ1) is 9.47. The lowest BCUT2D eigenvalue weighted by atomic mass is 9.90. The van der Waals surface area contributed by atoms with Gasteiger partial charge in [-0.1, -0.05) is 12.1 Å². The molecule has 2 fully saturated rings. The van der Waals surface area contributed by atoms with E-state index in [2.05, 4.69) is 5.43 Å². The summed E-state index contributed by atoms with van der Waals surface area (Å²) in [5, 5.41) is 0. The summed E-state index contributed by atoms with van der Waals surface area (Å²) in [5.41, 5.74) is 3.16. The minimum atomic E-state index is -4.27. The molecule has 20 heavy (non-hydrogen) atoms. The summed E-state index contributed by atoms with van der Waals surface area (Å²) in [6.07, 6.45) is 0.198. The van der Waals surface area contributed by atoms with Gasteiger partial charge in [-0.15, -0.1) is 0 Å². The van der Waals surface area contributed by atoms with E-state index in [9.17, 15) is 13.2 Å². The molecule has 0 amide bonds. The zero-order valence-corrected chi connectivity index (χ0v) is 11.2. The zero-order chi connectivity index (χ0) is 14.3. The summed E-state index contributed by atoms with van der Waals surface area (Å²) in [7, 11) is 0. The molecule has 2 aliphatic rings. The Balaban J connectivity index is 1.63. The highest BCUT2D eigenvalue weighted by Gasteiger charge is 2.47. The number of nitrogens with one attached hydrogen (secondary N) is 1. The smallest absolute Gasteiger partial charge is 0.271 e. The van der Waals surface area contributed by atoms with E-state index < -0.39 is 11.7 Å². The summed E-state index contributed by atoms with van der Waals surface area (Å²) in [4.78, 5) is 0. The van der Waals surface area contributed by atoms with Gasteiger partial charge in [0.15, 0.2) is 0 Å². The van der Waals surface area contributed by atoms with Crippen molar-refractivity contribution in [2.45, 2.75) is 37.9 Å². The number of fused-ring (bicyclic) bond motifs is 1. The molecule has 0 aromatic heterocycles. The van der Waals surface area contributed by atoms with E-state index in [1.165, 1.54) is 19.3 Å². The maximum absolute atomic E-state index is 12.5. The fraction of sp³-hybridized carbons (Fsp3) is 0.600. The molecule has 2 nitrogen and oxygen atoms in total. The molecule has 3 unspecified atom stereocenters. The van der Waals surface area contributed by atoms with Crippen molar-refractivity contribution in [1.82, 2.24) is 5.43 Å². The van der Waals surface area contributed by atoms with Crippen LogP contribution in [0.4, 0.5) is 13.2 Å². The van der Waals surface area contributed by atoms with E-state index in [1.807, 2.05) is 0 Å². The van der Waals surface area contributed by atoms with E-state index in [0.717, 1.165) is 29.5 Å². The third kappa shape index (κ3) is 2.83. The fourth-order valence-corrected chi connectivity index (χ4v) is 3.54. The van der Waals surface area contributed by atoms with E-state index >= 15 is 0 Å². The van der Waals surface area contributed by atoms with Crippen molar-refractivity contribution in [3.05, 3.63) is 35.4 Å². The van der Waals surface area contributed by atoms with Gasteiger partial charge in [0.25, 0.3) is 0 Å². The highest BCUT2D eigenvalue weighted by molar-refractivity contribution is 5.25. The van der Waals surface area contributed by atoms with Gasteiger partial charge < -0.3 is 0 Å². The molecule has 0 saturated heterocycles. The van der Waals surface area contributed by atoms with E-state index in [4.69, 9.17) is 5.84 Å². The van der Waals surface area contributed by atoms with E-state index in [1.54, 1.807) is 12.1 Å². The Morgan fingerprint density at radius 1 is 1.10 bits per heavy atom. The number of benzene rings is 1. The summed E-state index contributed by atoms with van der Waals surface area (Å²) in [6.45, 7) is 0. The average Bonchev–Trinajstić information content (AvgIpc) is 3.02. The van der Waals surface area contributed by atoms with Gasteiger partial charge >= 0.3 is 6.18 Å². The molecule has 1 aromatic carbocycles. The van der Waals surface area contributed by atoms with Gasteiger partial charge in [-0.25, -0.2) is 0 Å². The summed E-state index contributed by atoms with van der Waals surface area (Å²) >= 11 is 0. The first kappa shape index (κ1) is 13.9. The summed E-state index contributed by atoms with van der Waals surface area (Å²) < 4.78 is 37.5. The molecule has 0 spiro atoms. The lowest BCUT2D eigenvalue weighted by molar-refractivity contribution is -0.137. The van der Waals surface area contributed by atoms with Gasteiger partial charge in [0.2, 0.25) is 0 Å². The molecule has 3 rings (SSSR count). The predicted octanol–water partition coefficient (Wildman–Crippen LogP) is 3.13. The maximum Gasteiger partial charge on any atom is 0.416 e. The van der Waals surface area contributed by atoms with Crippen LogP contribution >= 0.6 is 0 Å². The van der Waals surface area contributed by atoms with Crippen LogP contribution in [0.5, 0.6) is 0 Å². The highest BCUT2D eigenvalue weighted by Crippen LogP contribution is 2.55. The number of halogens is 3. The van der Waals surface area contributed by atoms with Crippen molar-refractivity contribution >= 4 is 0 Å². The van der Waals surface area contributed by atoms with Crippen LogP contribution in [0.2, 0.25) is 0 Å². The minimum Gasteiger partial charge on any atom is -0.271 e. The van der Waals surface area contributed by atoms with Crippen LogP contribution in [0.1, 0.15) is 30.4 Å². The first-order valence-corrected chi connectivity index (χ1v) is 7.09. The van der Waals surface area contributed by atoms with Gasteiger partial charge in [-0.3, -0.25) is 11.3 Å². The number of nitrogens with two attached hydrogens (primary N) is 1. The number of alkyl halides is 3. The van der Waals surface area contributed by atoms with Crippen LogP contribution in [0, 0.1) is 17.8 Å². The Morgan fingerprint density at radius 2 is 1.70 bits per heavy atom. The quantitative estimate of drug-likeness (QED) is 0.658. The predicted molar refractivity (Wildman–Crippen MR) is 70.6 cm³/mol. The first-order valence-electron chi connectivity index (χ1n) is 7.09. The topological polar surface area (TPSA) is 38.0 Å². The number of hydrogen-bond donors (Lipinski definition) is 2. The Kier molecular flexibility index (Phi) is 3.50. The Bertz CT molecular complexity index is 459. The van der Waals surface area contributed by atoms with Crippen molar-refractivity contribution in [2.24, 2.45) is 23.6 Å². The second-order valence-electron chi connectivity index (χ2n) is 6.16. The summed E-state index contributed by atoms with van der Waals surface area (Å²) in [6, 6.07) is 5.58. The highest BCUT2D eigenvalue weighted by atomic mass is 19.4. The third-order valence-electron chi connectivity index (χ3n) is 4.80. The fourth-order valence-electron chi connectivity index (χ4n) is 3.54. The molecule has 0 bridgehead atoms. The lowest BCUT2D eigenvalue weighted by Crippen LogP contribution is -2.42. The second-order valence-corrected chi connectivity index (χ2v) is 6.16. The van der Waals surface area contributed by atoms with Crippen LogP contribution in [0.3, 0.4) is 0 Å². The monoisotopic (exact) mass is 284 g/mol. The molecule has 2 aliphatic carbocycles. The lowest BCUT2D eigenvalue weighted by Gasteiger charge is -2.24. The van der Waals surface area contributed by atoms with Crippen LogP contribution < -0.4 is 11.3 Å². The van der Waals surface area contributed by atoms with E-state index in [-0.39, 0.29) is 6.04 Å². The van der Waals surface area contributed by atoms with Crippen LogP contribution in [0.25, 0.3) is 0 Å².